The summed E-state index contributed by atoms with van der Waals surface area (Å²) in [5.41, 5.74) is 2.15. The molecule has 4 rings (SSSR count). The molecule has 24 heavy (non-hydrogen) atoms. The molecule has 0 amide bonds. The van der Waals surface area contributed by atoms with Crippen molar-refractivity contribution >= 4 is 0 Å². The SMILES string of the molecule is N#CCC1(Cn2nc(-c3ccccc3)nc2-c2ccccc2)CC1. The van der Waals surface area contributed by atoms with Gasteiger partial charge in [0.2, 0.25) is 0 Å². The van der Waals surface area contributed by atoms with Gasteiger partial charge in [-0.3, -0.25) is 0 Å². The highest BCUT2D eigenvalue weighted by atomic mass is 15.4. The molecule has 0 unspecified atom stereocenters. The second kappa shape index (κ2) is 5.93. The first-order valence-corrected chi connectivity index (χ1v) is 8.22. The molecule has 1 aromatic heterocycles. The van der Waals surface area contributed by atoms with E-state index in [2.05, 4.69) is 18.2 Å². The quantitative estimate of drug-likeness (QED) is 0.705. The minimum absolute atomic E-state index is 0.0833. The third-order valence-corrected chi connectivity index (χ3v) is 4.63. The Kier molecular flexibility index (Phi) is 3.62. The van der Waals surface area contributed by atoms with Crippen LogP contribution in [0.25, 0.3) is 22.8 Å². The summed E-state index contributed by atoms with van der Waals surface area (Å²) >= 11 is 0. The normalized spacial score (nSPS) is 15.0. The Bertz CT molecular complexity index is 871. The van der Waals surface area contributed by atoms with Crippen molar-refractivity contribution in [1.29, 1.82) is 5.26 Å². The summed E-state index contributed by atoms with van der Waals surface area (Å²) in [6, 6.07) is 22.5. The van der Waals surface area contributed by atoms with Gasteiger partial charge < -0.3 is 0 Å². The smallest absolute Gasteiger partial charge is 0.181 e. The highest BCUT2D eigenvalue weighted by Gasteiger charge is 2.43. The van der Waals surface area contributed by atoms with Gasteiger partial charge in [-0.15, -0.1) is 0 Å². The molecule has 3 aromatic rings. The molecule has 1 heterocycles. The lowest BCUT2D eigenvalue weighted by atomic mass is 10.0. The maximum Gasteiger partial charge on any atom is 0.181 e. The van der Waals surface area contributed by atoms with Crippen molar-refractivity contribution in [3.05, 3.63) is 60.7 Å². The number of nitriles is 1. The second-order valence-corrected chi connectivity index (χ2v) is 6.48. The third-order valence-electron chi connectivity index (χ3n) is 4.63. The predicted molar refractivity (Wildman–Crippen MR) is 92.8 cm³/mol. The van der Waals surface area contributed by atoms with E-state index < -0.39 is 0 Å². The fourth-order valence-corrected chi connectivity index (χ4v) is 3.02. The molecule has 0 aliphatic heterocycles. The first-order chi connectivity index (χ1) is 11.8. The summed E-state index contributed by atoms with van der Waals surface area (Å²) in [4.78, 5) is 4.79. The highest BCUT2D eigenvalue weighted by Crippen LogP contribution is 2.50. The van der Waals surface area contributed by atoms with E-state index in [1.54, 1.807) is 0 Å². The summed E-state index contributed by atoms with van der Waals surface area (Å²) in [6.45, 7) is 0.755. The summed E-state index contributed by atoms with van der Waals surface area (Å²) < 4.78 is 1.99. The zero-order valence-corrected chi connectivity index (χ0v) is 13.4. The molecule has 0 radical (unpaired) electrons. The Morgan fingerprint density at radius 2 is 1.58 bits per heavy atom. The summed E-state index contributed by atoms with van der Waals surface area (Å²) in [6.07, 6.45) is 2.77. The van der Waals surface area contributed by atoms with Crippen LogP contribution in [0.2, 0.25) is 0 Å². The Balaban J connectivity index is 1.76. The first-order valence-electron chi connectivity index (χ1n) is 8.22. The van der Waals surface area contributed by atoms with E-state index in [0.29, 0.717) is 6.42 Å². The van der Waals surface area contributed by atoms with Crippen LogP contribution in [-0.2, 0) is 6.54 Å². The molecule has 1 aliphatic carbocycles. The van der Waals surface area contributed by atoms with Crippen LogP contribution in [-0.4, -0.2) is 14.8 Å². The average molecular weight is 314 g/mol. The van der Waals surface area contributed by atoms with Crippen molar-refractivity contribution in [2.45, 2.75) is 25.8 Å². The lowest BCUT2D eigenvalue weighted by molar-refractivity contribution is 0.407. The maximum atomic E-state index is 9.09. The topological polar surface area (TPSA) is 54.5 Å². The van der Waals surface area contributed by atoms with Crippen LogP contribution < -0.4 is 0 Å². The van der Waals surface area contributed by atoms with Crippen molar-refractivity contribution in [3.63, 3.8) is 0 Å². The average Bonchev–Trinajstić information content (AvgIpc) is 3.25. The Morgan fingerprint density at radius 1 is 0.958 bits per heavy atom. The predicted octanol–water partition coefficient (Wildman–Crippen LogP) is 4.31. The van der Waals surface area contributed by atoms with Gasteiger partial charge in [0, 0.05) is 29.5 Å². The van der Waals surface area contributed by atoms with Gasteiger partial charge in [-0.25, -0.2) is 9.67 Å². The Labute approximate surface area is 141 Å². The molecule has 4 nitrogen and oxygen atoms in total. The minimum Gasteiger partial charge on any atom is -0.245 e. The zero-order valence-electron chi connectivity index (χ0n) is 13.4. The van der Waals surface area contributed by atoms with E-state index in [-0.39, 0.29) is 5.41 Å². The van der Waals surface area contributed by atoms with Gasteiger partial charge in [0.15, 0.2) is 11.6 Å². The molecule has 1 saturated carbocycles. The minimum atomic E-state index is 0.0833. The van der Waals surface area contributed by atoms with Crippen molar-refractivity contribution in [3.8, 4) is 28.8 Å². The van der Waals surface area contributed by atoms with Gasteiger partial charge in [0.1, 0.15) is 0 Å². The monoisotopic (exact) mass is 314 g/mol. The van der Waals surface area contributed by atoms with Crippen LogP contribution in [0.4, 0.5) is 0 Å². The molecule has 0 bridgehead atoms. The zero-order chi connectivity index (χ0) is 16.4. The van der Waals surface area contributed by atoms with E-state index in [1.165, 1.54) is 0 Å². The maximum absolute atomic E-state index is 9.09. The lowest BCUT2D eigenvalue weighted by Crippen LogP contribution is -2.13. The van der Waals surface area contributed by atoms with Crippen molar-refractivity contribution < 1.29 is 0 Å². The van der Waals surface area contributed by atoms with Gasteiger partial charge in [-0.2, -0.15) is 10.4 Å². The molecular formula is C20H18N4. The molecule has 0 N–H and O–H groups in total. The molecular weight excluding hydrogens is 296 g/mol. The van der Waals surface area contributed by atoms with Crippen LogP contribution in [0.1, 0.15) is 19.3 Å². The molecule has 118 valence electrons. The lowest BCUT2D eigenvalue weighted by Gasteiger charge is -2.12. The highest BCUT2D eigenvalue weighted by molar-refractivity contribution is 5.61. The van der Waals surface area contributed by atoms with Crippen LogP contribution in [0.3, 0.4) is 0 Å². The van der Waals surface area contributed by atoms with Crippen LogP contribution in [0.5, 0.6) is 0 Å². The van der Waals surface area contributed by atoms with E-state index in [0.717, 1.165) is 42.2 Å². The van der Waals surface area contributed by atoms with Gasteiger partial charge in [0.25, 0.3) is 0 Å². The van der Waals surface area contributed by atoms with Crippen LogP contribution in [0, 0.1) is 16.7 Å². The largest absolute Gasteiger partial charge is 0.245 e. The van der Waals surface area contributed by atoms with Gasteiger partial charge in [0.05, 0.1) is 6.07 Å². The fourth-order valence-electron chi connectivity index (χ4n) is 3.02. The van der Waals surface area contributed by atoms with E-state index in [4.69, 9.17) is 15.3 Å². The number of hydrogen-bond donors (Lipinski definition) is 0. The van der Waals surface area contributed by atoms with Crippen molar-refractivity contribution in [2.75, 3.05) is 0 Å². The standard InChI is InChI=1S/C20H18N4/c21-14-13-20(11-12-20)15-24-19(17-9-5-2-6-10-17)22-18(23-24)16-7-3-1-4-8-16/h1-10H,11-13,15H2. The summed E-state index contributed by atoms with van der Waals surface area (Å²) in [7, 11) is 0. The second-order valence-electron chi connectivity index (χ2n) is 6.48. The summed E-state index contributed by atoms with van der Waals surface area (Å²) in [5.74, 6) is 1.61. The van der Waals surface area contributed by atoms with E-state index in [1.807, 2.05) is 53.2 Å². The molecule has 1 aliphatic rings. The van der Waals surface area contributed by atoms with Gasteiger partial charge in [-0.1, -0.05) is 60.7 Å². The molecule has 4 heteroatoms. The van der Waals surface area contributed by atoms with Crippen molar-refractivity contribution in [1.82, 2.24) is 14.8 Å². The number of nitrogens with zero attached hydrogens (tertiary/aromatic N) is 4. The third kappa shape index (κ3) is 2.81. The number of rotatable bonds is 5. The molecule has 1 fully saturated rings. The number of aromatic nitrogens is 3. The fraction of sp³-hybridized carbons (Fsp3) is 0.250. The molecule has 0 atom stereocenters. The number of benzene rings is 2. The number of hydrogen-bond acceptors (Lipinski definition) is 3. The van der Waals surface area contributed by atoms with Crippen molar-refractivity contribution in [2.24, 2.45) is 5.41 Å². The molecule has 2 aromatic carbocycles. The van der Waals surface area contributed by atoms with Crippen LogP contribution >= 0.6 is 0 Å². The van der Waals surface area contributed by atoms with E-state index in [9.17, 15) is 0 Å². The molecule has 0 spiro atoms. The van der Waals surface area contributed by atoms with Gasteiger partial charge >= 0.3 is 0 Å². The Morgan fingerprint density at radius 3 is 2.17 bits per heavy atom. The van der Waals surface area contributed by atoms with E-state index >= 15 is 0 Å². The van der Waals surface area contributed by atoms with Crippen LogP contribution in [0.15, 0.2) is 60.7 Å². The molecule has 0 saturated heterocycles. The first kappa shape index (κ1) is 14.6. The van der Waals surface area contributed by atoms with Gasteiger partial charge in [-0.05, 0) is 12.8 Å². The Hall–Kier alpha value is -2.93. The summed E-state index contributed by atoms with van der Waals surface area (Å²) in [5, 5.41) is 13.9.